The molecule has 0 amide bonds. The lowest BCUT2D eigenvalue weighted by atomic mass is 10.2. The molecule has 2 N–H and O–H groups in total. The first kappa shape index (κ1) is 14.6. The lowest BCUT2D eigenvalue weighted by Gasteiger charge is -2.06. The zero-order valence-corrected chi connectivity index (χ0v) is 12.5. The van der Waals surface area contributed by atoms with E-state index in [1.54, 1.807) is 6.07 Å². The van der Waals surface area contributed by atoms with Gasteiger partial charge in [0.15, 0.2) is 5.82 Å². The molecule has 2 heterocycles. The third-order valence-corrected chi connectivity index (χ3v) is 4.00. The summed E-state index contributed by atoms with van der Waals surface area (Å²) in [6.07, 6.45) is 2.39. The van der Waals surface area contributed by atoms with Crippen molar-refractivity contribution in [3.05, 3.63) is 29.5 Å². The van der Waals surface area contributed by atoms with E-state index in [0.717, 1.165) is 5.69 Å². The average molecular weight is 295 g/mol. The second-order valence-corrected chi connectivity index (χ2v) is 5.90. The minimum atomic E-state index is -3.81. The maximum absolute atomic E-state index is 11.8. The number of nitrogens with zero attached hydrogens (tertiary/aromatic N) is 4. The molecule has 0 spiro atoms. The number of sulfonamides is 1. The molecule has 0 fully saturated rings. The van der Waals surface area contributed by atoms with Crippen molar-refractivity contribution in [2.24, 2.45) is 5.14 Å². The molecule has 7 nitrogen and oxygen atoms in total. The van der Waals surface area contributed by atoms with Crippen molar-refractivity contribution in [1.82, 2.24) is 19.7 Å². The fraction of sp³-hybridized carbons (Fsp3) is 0.417. The Morgan fingerprint density at radius 1 is 1.25 bits per heavy atom. The molecule has 0 atom stereocenters. The van der Waals surface area contributed by atoms with Crippen molar-refractivity contribution < 1.29 is 8.42 Å². The molecule has 0 aromatic carbocycles. The maximum atomic E-state index is 11.8. The van der Waals surface area contributed by atoms with Gasteiger partial charge in [-0.2, -0.15) is 5.10 Å². The van der Waals surface area contributed by atoms with Gasteiger partial charge < -0.3 is 0 Å². The highest BCUT2D eigenvalue weighted by atomic mass is 32.2. The average Bonchev–Trinajstić information content (AvgIpc) is 2.77. The maximum Gasteiger partial charge on any atom is 0.241 e. The minimum Gasteiger partial charge on any atom is -0.242 e. The summed E-state index contributed by atoms with van der Waals surface area (Å²) in [4.78, 5) is 8.28. The Hall–Kier alpha value is -1.80. The van der Waals surface area contributed by atoms with Gasteiger partial charge in [-0.25, -0.2) is 28.2 Å². The Balaban J connectivity index is 2.76. The minimum absolute atomic E-state index is 0.110. The molecule has 0 unspecified atom stereocenters. The quantitative estimate of drug-likeness (QED) is 0.896. The second kappa shape index (κ2) is 5.29. The zero-order chi connectivity index (χ0) is 14.9. The third kappa shape index (κ3) is 2.56. The highest BCUT2D eigenvalue weighted by Crippen LogP contribution is 2.23. The molecule has 0 bridgehead atoms. The third-order valence-electron chi connectivity index (χ3n) is 2.96. The summed E-state index contributed by atoms with van der Waals surface area (Å²) in [5.74, 6) is 0.541. The summed E-state index contributed by atoms with van der Waals surface area (Å²) < 4.78 is 25.1. The molecular formula is C12H17N5O2S. The van der Waals surface area contributed by atoms with Crippen molar-refractivity contribution >= 4 is 10.0 Å². The van der Waals surface area contributed by atoms with Gasteiger partial charge in [0.1, 0.15) is 11.2 Å². The van der Waals surface area contributed by atoms with Gasteiger partial charge in [0.25, 0.3) is 0 Å². The Labute approximate surface area is 117 Å². The summed E-state index contributed by atoms with van der Waals surface area (Å²) in [6, 6.07) is 1.75. The van der Waals surface area contributed by atoms with E-state index in [0.29, 0.717) is 30.0 Å². The van der Waals surface area contributed by atoms with Gasteiger partial charge in [-0.15, -0.1) is 0 Å². The van der Waals surface area contributed by atoms with Crippen molar-refractivity contribution in [1.29, 1.82) is 0 Å². The molecule has 2 aromatic rings. The predicted molar refractivity (Wildman–Crippen MR) is 74.0 cm³/mol. The van der Waals surface area contributed by atoms with Crippen LogP contribution in [0.3, 0.4) is 0 Å². The molecule has 0 radical (unpaired) electrons. The topological polar surface area (TPSA) is 104 Å². The molecule has 0 aliphatic heterocycles. The van der Waals surface area contributed by atoms with E-state index in [1.165, 1.54) is 11.0 Å². The van der Waals surface area contributed by atoms with Crippen LogP contribution in [-0.4, -0.2) is 28.2 Å². The molecule has 8 heteroatoms. The van der Waals surface area contributed by atoms with E-state index in [9.17, 15) is 8.42 Å². The summed E-state index contributed by atoms with van der Waals surface area (Å²) in [5, 5.41) is 9.66. The van der Waals surface area contributed by atoms with Gasteiger partial charge in [0, 0.05) is 11.8 Å². The zero-order valence-electron chi connectivity index (χ0n) is 11.7. The van der Waals surface area contributed by atoms with Crippen LogP contribution < -0.4 is 5.14 Å². The molecule has 0 aliphatic carbocycles. The molecule has 0 saturated heterocycles. The molecular weight excluding hydrogens is 278 g/mol. The van der Waals surface area contributed by atoms with Crippen LogP contribution in [0.15, 0.2) is 17.3 Å². The normalized spacial score (nSPS) is 11.8. The van der Waals surface area contributed by atoms with Gasteiger partial charge >= 0.3 is 0 Å². The number of hydrogen-bond donors (Lipinski definition) is 1. The molecule has 2 aromatic heterocycles. The Morgan fingerprint density at radius 3 is 2.45 bits per heavy atom. The standard InChI is InChI=1S/C12H17N5O2S/c1-4-9-12(20(13,18)19)10(5-2)17(16-9)11-6-8(3)14-7-15-11/h6-7H,4-5H2,1-3H3,(H2,13,18,19). The largest absolute Gasteiger partial charge is 0.242 e. The Kier molecular flexibility index (Phi) is 3.87. The van der Waals surface area contributed by atoms with Crippen LogP contribution >= 0.6 is 0 Å². The van der Waals surface area contributed by atoms with Crippen molar-refractivity contribution in [3.8, 4) is 5.82 Å². The Morgan fingerprint density at radius 2 is 1.95 bits per heavy atom. The van der Waals surface area contributed by atoms with E-state index in [-0.39, 0.29) is 4.90 Å². The summed E-state index contributed by atoms with van der Waals surface area (Å²) in [5.41, 5.74) is 1.78. The first-order valence-electron chi connectivity index (χ1n) is 6.31. The molecule has 0 aliphatic rings. The van der Waals surface area contributed by atoms with Crippen LogP contribution in [0.4, 0.5) is 0 Å². The van der Waals surface area contributed by atoms with E-state index >= 15 is 0 Å². The smallest absolute Gasteiger partial charge is 0.241 e. The van der Waals surface area contributed by atoms with Crippen LogP contribution in [0.5, 0.6) is 0 Å². The van der Waals surface area contributed by atoms with Gasteiger partial charge in [-0.1, -0.05) is 13.8 Å². The van der Waals surface area contributed by atoms with E-state index < -0.39 is 10.0 Å². The summed E-state index contributed by atoms with van der Waals surface area (Å²) >= 11 is 0. The highest BCUT2D eigenvalue weighted by molar-refractivity contribution is 7.89. The van der Waals surface area contributed by atoms with Gasteiger partial charge in [-0.3, -0.25) is 0 Å². The number of primary sulfonamides is 1. The van der Waals surface area contributed by atoms with Crippen LogP contribution in [0.2, 0.25) is 0 Å². The summed E-state index contributed by atoms with van der Waals surface area (Å²) in [6.45, 7) is 5.53. The SMILES string of the molecule is CCc1nn(-c2cc(C)ncn2)c(CC)c1S(N)(=O)=O. The lowest BCUT2D eigenvalue weighted by molar-refractivity contribution is 0.595. The van der Waals surface area contributed by atoms with Crippen LogP contribution in [0.1, 0.15) is 30.9 Å². The van der Waals surface area contributed by atoms with E-state index in [4.69, 9.17) is 5.14 Å². The number of aromatic nitrogens is 4. The first-order chi connectivity index (χ1) is 9.38. The lowest BCUT2D eigenvalue weighted by Crippen LogP contribution is -2.16. The fourth-order valence-corrected chi connectivity index (χ4v) is 3.18. The second-order valence-electron chi connectivity index (χ2n) is 4.40. The number of hydrogen-bond acceptors (Lipinski definition) is 5. The monoisotopic (exact) mass is 295 g/mol. The van der Waals surface area contributed by atoms with Gasteiger partial charge in [0.05, 0.1) is 11.4 Å². The van der Waals surface area contributed by atoms with E-state index in [2.05, 4.69) is 15.1 Å². The van der Waals surface area contributed by atoms with Crippen LogP contribution in [0, 0.1) is 6.92 Å². The van der Waals surface area contributed by atoms with E-state index in [1.807, 2.05) is 20.8 Å². The Bertz CT molecular complexity index is 736. The molecule has 108 valence electrons. The van der Waals surface area contributed by atoms with Crippen LogP contribution in [-0.2, 0) is 22.9 Å². The molecule has 2 rings (SSSR count). The van der Waals surface area contributed by atoms with Gasteiger partial charge in [0.2, 0.25) is 10.0 Å². The molecule has 20 heavy (non-hydrogen) atoms. The number of aryl methyl sites for hydroxylation is 2. The summed E-state index contributed by atoms with van der Waals surface area (Å²) in [7, 11) is -3.81. The number of nitrogens with two attached hydrogens (primary N) is 1. The molecule has 0 saturated carbocycles. The predicted octanol–water partition coefficient (Wildman–Crippen LogP) is 0.743. The van der Waals surface area contributed by atoms with Crippen molar-refractivity contribution in [3.63, 3.8) is 0 Å². The highest BCUT2D eigenvalue weighted by Gasteiger charge is 2.25. The van der Waals surface area contributed by atoms with Crippen molar-refractivity contribution in [2.75, 3.05) is 0 Å². The van der Waals surface area contributed by atoms with Gasteiger partial charge in [-0.05, 0) is 19.8 Å². The first-order valence-corrected chi connectivity index (χ1v) is 7.85. The number of rotatable bonds is 4. The van der Waals surface area contributed by atoms with Crippen LogP contribution in [0.25, 0.3) is 5.82 Å². The van der Waals surface area contributed by atoms with Crippen molar-refractivity contribution in [2.45, 2.75) is 38.5 Å². The fourth-order valence-electron chi connectivity index (χ4n) is 2.11.